The van der Waals surface area contributed by atoms with Gasteiger partial charge in [-0.15, -0.1) is 0 Å². The molecule has 0 spiro atoms. The molecule has 140 valence electrons. The molecule has 1 aliphatic heterocycles. The minimum atomic E-state index is -0.439. The number of anilines is 1. The molecule has 0 aliphatic carbocycles. The first kappa shape index (κ1) is 19.7. The van der Waals surface area contributed by atoms with E-state index in [2.05, 4.69) is 26.6 Å². The number of nitrogens with one attached hydrogen (secondary N) is 2. The number of amides is 4. The minimum Gasteiger partial charge on any atom is -0.338 e. The standard InChI is InChI=1S/C18H14BrCl2N3O3/c19-10-2-4-12-13(8-10)17(26)24(16(12)25)7-1-6-22-18(27)23-15-5-3-11(20)9-14(15)21/h2-5,8-9H,1,6-7H2,(H2,22,23,27). The van der Waals surface area contributed by atoms with Crippen LogP contribution in [0.4, 0.5) is 10.5 Å². The van der Waals surface area contributed by atoms with Crippen LogP contribution in [0.25, 0.3) is 0 Å². The molecule has 0 aromatic heterocycles. The molecule has 2 N–H and O–H groups in total. The van der Waals surface area contributed by atoms with Crippen molar-refractivity contribution in [1.29, 1.82) is 0 Å². The summed E-state index contributed by atoms with van der Waals surface area (Å²) < 4.78 is 0.739. The normalized spacial score (nSPS) is 12.9. The van der Waals surface area contributed by atoms with Crippen molar-refractivity contribution in [3.05, 3.63) is 62.0 Å². The van der Waals surface area contributed by atoms with Crippen LogP contribution in [0.15, 0.2) is 40.9 Å². The lowest BCUT2D eigenvalue weighted by Gasteiger charge is -2.14. The lowest BCUT2D eigenvalue weighted by Crippen LogP contribution is -2.35. The van der Waals surface area contributed by atoms with Gasteiger partial charge in [-0.2, -0.15) is 0 Å². The number of hydrogen-bond donors (Lipinski definition) is 2. The third kappa shape index (κ3) is 4.43. The van der Waals surface area contributed by atoms with E-state index < -0.39 is 6.03 Å². The lowest BCUT2D eigenvalue weighted by molar-refractivity contribution is 0.0653. The molecule has 9 heteroatoms. The molecule has 3 rings (SSSR count). The molecule has 0 saturated carbocycles. The predicted octanol–water partition coefficient (Wildman–Crippen LogP) is 4.56. The van der Waals surface area contributed by atoms with Gasteiger partial charge in [-0.1, -0.05) is 39.1 Å². The lowest BCUT2D eigenvalue weighted by atomic mass is 10.1. The van der Waals surface area contributed by atoms with Gasteiger partial charge in [0.2, 0.25) is 0 Å². The van der Waals surface area contributed by atoms with E-state index in [0.29, 0.717) is 33.3 Å². The van der Waals surface area contributed by atoms with Gasteiger partial charge in [0, 0.05) is 22.6 Å². The Bertz CT molecular complexity index is 936. The summed E-state index contributed by atoms with van der Waals surface area (Å²) in [5, 5.41) is 6.07. The zero-order valence-corrected chi connectivity index (χ0v) is 17.0. The summed E-state index contributed by atoms with van der Waals surface area (Å²) in [4.78, 5) is 37.8. The quantitative estimate of drug-likeness (QED) is 0.496. The first-order valence-corrected chi connectivity index (χ1v) is 9.57. The first-order chi connectivity index (χ1) is 12.9. The second-order valence-electron chi connectivity index (χ2n) is 5.81. The summed E-state index contributed by atoms with van der Waals surface area (Å²) in [6.45, 7) is 0.500. The number of carbonyl (C=O) groups excluding carboxylic acids is 3. The Kier molecular flexibility index (Phi) is 6.04. The van der Waals surface area contributed by atoms with Gasteiger partial charge < -0.3 is 10.6 Å². The molecule has 0 fully saturated rings. The van der Waals surface area contributed by atoms with Crippen LogP contribution in [0, 0.1) is 0 Å². The molecule has 1 heterocycles. The number of nitrogens with zero attached hydrogens (tertiary/aromatic N) is 1. The highest BCUT2D eigenvalue weighted by Gasteiger charge is 2.34. The summed E-state index contributed by atoms with van der Waals surface area (Å²) in [5.41, 5.74) is 1.22. The van der Waals surface area contributed by atoms with E-state index in [-0.39, 0.29) is 24.9 Å². The molecular weight excluding hydrogens is 457 g/mol. The molecule has 2 aromatic rings. The van der Waals surface area contributed by atoms with E-state index in [1.807, 2.05) is 0 Å². The molecular formula is C18H14BrCl2N3O3. The van der Waals surface area contributed by atoms with E-state index in [1.54, 1.807) is 30.3 Å². The van der Waals surface area contributed by atoms with Gasteiger partial charge in [0.25, 0.3) is 11.8 Å². The van der Waals surface area contributed by atoms with Crippen molar-refractivity contribution in [3.8, 4) is 0 Å². The molecule has 2 aromatic carbocycles. The van der Waals surface area contributed by atoms with Crippen LogP contribution in [0.1, 0.15) is 27.1 Å². The van der Waals surface area contributed by atoms with Gasteiger partial charge in [-0.05, 0) is 42.8 Å². The average molecular weight is 471 g/mol. The van der Waals surface area contributed by atoms with Gasteiger partial charge in [0.05, 0.1) is 21.8 Å². The van der Waals surface area contributed by atoms with Gasteiger partial charge in [0.15, 0.2) is 0 Å². The molecule has 4 amide bonds. The van der Waals surface area contributed by atoms with Crippen molar-refractivity contribution in [1.82, 2.24) is 10.2 Å². The molecule has 0 radical (unpaired) electrons. The third-order valence-electron chi connectivity index (χ3n) is 3.96. The van der Waals surface area contributed by atoms with E-state index in [0.717, 1.165) is 4.47 Å². The third-order valence-corrected chi connectivity index (χ3v) is 5.00. The number of fused-ring (bicyclic) bond motifs is 1. The molecule has 1 aliphatic rings. The van der Waals surface area contributed by atoms with Crippen molar-refractivity contribution in [2.24, 2.45) is 0 Å². The Morgan fingerprint density at radius 1 is 1.04 bits per heavy atom. The van der Waals surface area contributed by atoms with Crippen LogP contribution in [0.2, 0.25) is 10.0 Å². The zero-order chi connectivity index (χ0) is 19.6. The SMILES string of the molecule is O=C(NCCCN1C(=O)c2ccc(Br)cc2C1=O)Nc1ccc(Cl)cc1Cl. The highest BCUT2D eigenvalue weighted by atomic mass is 79.9. The van der Waals surface area contributed by atoms with Crippen LogP contribution < -0.4 is 10.6 Å². The summed E-state index contributed by atoms with van der Waals surface area (Å²) >= 11 is 15.1. The number of halogens is 3. The highest BCUT2D eigenvalue weighted by molar-refractivity contribution is 9.10. The largest absolute Gasteiger partial charge is 0.338 e. The van der Waals surface area contributed by atoms with Crippen molar-refractivity contribution in [3.63, 3.8) is 0 Å². The highest BCUT2D eigenvalue weighted by Crippen LogP contribution is 2.26. The van der Waals surface area contributed by atoms with Gasteiger partial charge in [0.1, 0.15) is 0 Å². The Hall–Kier alpha value is -2.09. The monoisotopic (exact) mass is 469 g/mol. The second kappa shape index (κ2) is 8.29. The van der Waals surface area contributed by atoms with Crippen molar-refractivity contribution >= 4 is 62.7 Å². The smallest absolute Gasteiger partial charge is 0.319 e. The fourth-order valence-corrected chi connectivity index (χ4v) is 3.48. The average Bonchev–Trinajstić information content (AvgIpc) is 2.85. The Balaban J connectivity index is 1.48. The number of hydrogen-bond acceptors (Lipinski definition) is 3. The summed E-state index contributed by atoms with van der Waals surface area (Å²) in [5.74, 6) is -0.645. The minimum absolute atomic E-state index is 0.214. The van der Waals surface area contributed by atoms with Crippen LogP contribution in [0.3, 0.4) is 0 Å². The van der Waals surface area contributed by atoms with Crippen molar-refractivity contribution in [2.45, 2.75) is 6.42 Å². The maximum absolute atomic E-state index is 12.4. The van der Waals surface area contributed by atoms with E-state index >= 15 is 0 Å². The number of urea groups is 1. The number of carbonyl (C=O) groups is 3. The topological polar surface area (TPSA) is 78.5 Å². The first-order valence-electron chi connectivity index (χ1n) is 8.02. The molecule has 0 atom stereocenters. The second-order valence-corrected chi connectivity index (χ2v) is 7.57. The van der Waals surface area contributed by atoms with Gasteiger partial charge >= 0.3 is 6.03 Å². The van der Waals surface area contributed by atoms with Gasteiger partial charge in [-0.3, -0.25) is 14.5 Å². The maximum atomic E-state index is 12.4. The molecule has 6 nitrogen and oxygen atoms in total. The van der Waals surface area contributed by atoms with Crippen molar-refractivity contribution in [2.75, 3.05) is 18.4 Å². The predicted molar refractivity (Wildman–Crippen MR) is 108 cm³/mol. The molecule has 0 unspecified atom stereocenters. The van der Waals surface area contributed by atoms with Crippen LogP contribution in [-0.4, -0.2) is 35.8 Å². The fraction of sp³-hybridized carbons (Fsp3) is 0.167. The fourth-order valence-electron chi connectivity index (χ4n) is 2.66. The Morgan fingerprint density at radius 3 is 2.52 bits per heavy atom. The Labute approximate surface area is 173 Å². The van der Waals surface area contributed by atoms with E-state index in [1.165, 1.54) is 11.0 Å². The summed E-state index contributed by atoms with van der Waals surface area (Å²) in [6, 6.07) is 9.29. The molecule has 27 heavy (non-hydrogen) atoms. The molecule has 0 saturated heterocycles. The summed E-state index contributed by atoms with van der Waals surface area (Å²) in [6.07, 6.45) is 0.425. The van der Waals surface area contributed by atoms with Crippen molar-refractivity contribution < 1.29 is 14.4 Å². The van der Waals surface area contributed by atoms with E-state index in [4.69, 9.17) is 23.2 Å². The van der Waals surface area contributed by atoms with Crippen LogP contribution in [0.5, 0.6) is 0 Å². The number of rotatable bonds is 5. The Morgan fingerprint density at radius 2 is 1.78 bits per heavy atom. The van der Waals surface area contributed by atoms with E-state index in [9.17, 15) is 14.4 Å². The maximum Gasteiger partial charge on any atom is 0.319 e. The zero-order valence-electron chi connectivity index (χ0n) is 13.9. The van der Waals surface area contributed by atoms with Gasteiger partial charge in [-0.25, -0.2) is 4.79 Å². The number of imide groups is 1. The van der Waals surface area contributed by atoms with Crippen LogP contribution in [-0.2, 0) is 0 Å². The molecule has 0 bridgehead atoms. The number of benzene rings is 2. The van der Waals surface area contributed by atoms with Crippen LogP contribution >= 0.6 is 39.1 Å². The summed E-state index contributed by atoms with van der Waals surface area (Å²) in [7, 11) is 0.